The third kappa shape index (κ3) is 3.52. The van der Waals surface area contributed by atoms with Crippen LogP contribution in [-0.4, -0.2) is 54.3 Å². The van der Waals surface area contributed by atoms with Crippen molar-refractivity contribution in [1.82, 2.24) is 9.88 Å². The minimum Gasteiger partial charge on any atom is -0.481 e. The predicted octanol–water partition coefficient (Wildman–Crippen LogP) is 1.05. The normalized spacial score (nSPS) is 22.8. The first-order chi connectivity index (χ1) is 9.12. The first-order valence-corrected chi connectivity index (χ1v) is 6.52. The van der Waals surface area contributed by atoms with Crippen molar-refractivity contribution in [3.8, 4) is 0 Å². The molecule has 1 aliphatic rings. The van der Waals surface area contributed by atoms with Crippen LogP contribution in [0, 0.1) is 5.41 Å². The van der Waals surface area contributed by atoms with Gasteiger partial charge >= 0.3 is 5.97 Å². The summed E-state index contributed by atoms with van der Waals surface area (Å²) in [5, 5.41) is 9.38. The van der Waals surface area contributed by atoms with E-state index in [0.29, 0.717) is 26.2 Å². The number of carboxylic acid groups (broad SMARTS) is 1. The number of aliphatic carboxylic acids is 1. The molecule has 0 aliphatic carbocycles. The van der Waals surface area contributed by atoms with Gasteiger partial charge in [0.1, 0.15) is 5.41 Å². The Morgan fingerprint density at radius 2 is 2.42 bits per heavy atom. The van der Waals surface area contributed by atoms with Gasteiger partial charge in [0, 0.05) is 38.0 Å². The van der Waals surface area contributed by atoms with Gasteiger partial charge in [-0.2, -0.15) is 0 Å². The van der Waals surface area contributed by atoms with Crippen molar-refractivity contribution in [2.24, 2.45) is 5.41 Å². The summed E-state index contributed by atoms with van der Waals surface area (Å²) in [6.45, 7) is 2.18. The Kier molecular flexibility index (Phi) is 4.50. The monoisotopic (exact) mass is 264 g/mol. The fourth-order valence-electron chi connectivity index (χ4n) is 2.42. The topological polar surface area (TPSA) is 62.7 Å². The lowest BCUT2D eigenvalue weighted by Gasteiger charge is -2.28. The second-order valence-corrected chi connectivity index (χ2v) is 5.20. The average Bonchev–Trinajstić information content (AvgIpc) is 2.87. The van der Waals surface area contributed by atoms with Crippen LogP contribution in [0.1, 0.15) is 12.1 Å². The van der Waals surface area contributed by atoms with Gasteiger partial charge in [-0.15, -0.1) is 0 Å². The van der Waals surface area contributed by atoms with Crippen LogP contribution in [0.2, 0.25) is 0 Å². The van der Waals surface area contributed by atoms with Crippen molar-refractivity contribution in [3.05, 3.63) is 30.1 Å². The van der Waals surface area contributed by atoms with E-state index in [4.69, 9.17) is 4.74 Å². The highest BCUT2D eigenvalue weighted by Gasteiger charge is 2.43. The van der Waals surface area contributed by atoms with Gasteiger partial charge in [-0.3, -0.25) is 9.78 Å². The molecule has 1 saturated heterocycles. The lowest BCUT2D eigenvalue weighted by molar-refractivity contribution is -0.150. The van der Waals surface area contributed by atoms with Crippen LogP contribution in [0.3, 0.4) is 0 Å². The highest BCUT2D eigenvalue weighted by molar-refractivity contribution is 5.75. The first kappa shape index (κ1) is 14.0. The number of hydrogen-bond donors (Lipinski definition) is 1. The van der Waals surface area contributed by atoms with Crippen molar-refractivity contribution in [1.29, 1.82) is 0 Å². The number of rotatable bonds is 6. The quantitative estimate of drug-likeness (QED) is 0.832. The van der Waals surface area contributed by atoms with Gasteiger partial charge < -0.3 is 14.7 Å². The molecule has 0 radical (unpaired) electrons. The minimum absolute atomic E-state index is 0.316. The standard InChI is InChI=1S/C14H20N2O3/c1-16(8-5-12-4-2-3-7-15-12)10-14(13(17)18)6-9-19-11-14/h2-4,7H,5-6,8-11H2,1H3,(H,17,18). The number of ether oxygens (including phenoxy) is 1. The van der Waals surface area contributed by atoms with Gasteiger partial charge in [-0.1, -0.05) is 6.07 Å². The van der Waals surface area contributed by atoms with E-state index in [9.17, 15) is 9.90 Å². The summed E-state index contributed by atoms with van der Waals surface area (Å²) in [4.78, 5) is 17.7. The van der Waals surface area contributed by atoms with Gasteiger partial charge in [-0.05, 0) is 25.6 Å². The molecule has 104 valence electrons. The summed E-state index contributed by atoms with van der Waals surface area (Å²) in [5.41, 5.74) is 0.292. The molecule has 1 unspecified atom stereocenters. The fraction of sp³-hybridized carbons (Fsp3) is 0.571. The SMILES string of the molecule is CN(CCc1ccccn1)CC1(C(=O)O)CCOC1. The molecular formula is C14H20N2O3. The van der Waals surface area contributed by atoms with E-state index in [2.05, 4.69) is 9.88 Å². The zero-order valence-electron chi connectivity index (χ0n) is 11.2. The smallest absolute Gasteiger partial charge is 0.313 e. The maximum atomic E-state index is 11.4. The summed E-state index contributed by atoms with van der Waals surface area (Å²) in [6.07, 6.45) is 3.20. The van der Waals surface area contributed by atoms with Crippen LogP contribution in [0.4, 0.5) is 0 Å². The summed E-state index contributed by atoms with van der Waals surface area (Å²) in [7, 11) is 1.95. The molecule has 1 N–H and O–H groups in total. The molecule has 0 amide bonds. The summed E-state index contributed by atoms with van der Waals surface area (Å²) < 4.78 is 5.27. The summed E-state index contributed by atoms with van der Waals surface area (Å²) in [5.74, 6) is -0.755. The highest BCUT2D eigenvalue weighted by Crippen LogP contribution is 2.29. The van der Waals surface area contributed by atoms with Crippen molar-refractivity contribution < 1.29 is 14.6 Å². The van der Waals surface area contributed by atoms with Crippen LogP contribution in [0.5, 0.6) is 0 Å². The number of carbonyl (C=O) groups is 1. The second-order valence-electron chi connectivity index (χ2n) is 5.20. The predicted molar refractivity (Wildman–Crippen MR) is 70.9 cm³/mol. The Labute approximate surface area is 113 Å². The molecule has 5 nitrogen and oxygen atoms in total. The van der Waals surface area contributed by atoms with Crippen molar-refractivity contribution >= 4 is 5.97 Å². The largest absolute Gasteiger partial charge is 0.481 e. The van der Waals surface area contributed by atoms with Crippen LogP contribution < -0.4 is 0 Å². The lowest BCUT2D eigenvalue weighted by Crippen LogP contribution is -2.43. The molecule has 2 heterocycles. The number of likely N-dealkylation sites (N-methyl/N-ethyl adjacent to an activating group) is 1. The molecule has 2 rings (SSSR count). The lowest BCUT2D eigenvalue weighted by atomic mass is 9.87. The minimum atomic E-state index is -0.755. The number of carboxylic acids is 1. The first-order valence-electron chi connectivity index (χ1n) is 6.52. The Balaban J connectivity index is 1.86. The Hall–Kier alpha value is -1.46. The Morgan fingerprint density at radius 1 is 1.58 bits per heavy atom. The van der Waals surface area contributed by atoms with E-state index in [1.54, 1.807) is 6.20 Å². The molecule has 1 atom stereocenters. The van der Waals surface area contributed by atoms with Crippen molar-refractivity contribution in [2.75, 3.05) is 33.4 Å². The van der Waals surface area contributed by atoms with E-state index in [0.717, 1.165) is 18.7 Å². The second kappa shape index (κ2) is 6.12. The van der Waals surface area contributed by atoms with E-state index in [-0.39, 0.29) is 0 Å². The maximum Gasteiger partial charge on any atom is 0.313 e. The Morgan fingerprint density at radius 3 is 3.00 bits per heavy atom. The summed E-state index contributed by atoms with van der Waals surface area (Å²) in [6, 6.07) is 5.84. The fourth-order valence-corrected chi connectivity index (χ4v) is 2.42. The molecule has 0 saturated carbocycles. The van der Waals surface area contributed by atoms with Gasteiger partial charge in [0.05, 0.1) is 6.61 Å². The third-order valence-electron chi connectivity index (χ3n) is 3.61. The highest BCUT2D eigenvalue weighted by atomic mass is 16.5. The van der Waals surface area contributed by atoms with Gasteiger partial charge in [0.2, 0.25) is 0 Å². The van der Waals surface area contributed by atoms with Crippen LogP contribution >= 0.6 is 0 Å². The zero-order valence-corrected chi connectivity index (χ0v) is 11.2. The molecule has 0 aromatic carbocycles. The number of nitrogens with zero attached hydrogens (tertiary/aromatic N) is 2. The zero-order chi connectivity index (χ0) is 13.7. The molecule has 19 heavy (non-hydrogen) atoms. The molecule has 5 heteroatoms. The molecular weight excluding hydrogens is 244 g/mol. The molecule has 1 aliphatic heterocycles. The van der Waals surface area contributed by atoms with E-state index >= 15 is 0 Å². The van der Waals surface area contributed by atoms with Crippen LogP contribution in [0.15, 0.2) is 24.4 Å². The molecule has 1 aromatic rings. The van der Waals surface area contributed by atoms with Crippen LogP contribution in [0.25, 0.3) is 0 Å². The number of aromatic nitrogens is 1. The van der Waals surface area contributed by atoms with E-state index in [1.165, 1.54) is 0 Å². The van der Waals surface area contributed by atoms with Crippen molar-refractivity contribution in [3.63, 3.8) is 0 Å². The molecule has 0 bridgehead atoms. The average molecular weight is 264 g/mol. The molecule has 1 aromatic heterocycles. The molecule has 1 fully saturated rings. The summed E-state index contributed by atoms with van der Waals surface area (Å²) >= 11 is 0. The van der Waals surface area contributed by atoms with E-state index in [1.807, 2.05) is 25.2 Å². The van der Waals surface area contributed by atoms with E-state index < -0.39 is 11.4 Å². The van der Waals surface area contributed by atoms with Crippen molar-refractivity contribution in [2.45, 2.75) is 12.8 Å². The number of pyridine rings is 1. The van der Waals surface area contributed by atoms with Gasteiger partial charge in [0.15, 0.2) is 0 Å². The van der Waals surface area contributed by atoms with Gasteiger partial charge in [0.25, 0.3) is 0 Å². The Bertz CT molecular complexity index is 416. The number of hydrogen-bond acceptors (Lipinski definition) is 4. The van der Waals surface area contributed by atoms with Crippen LogP contribution in [-0.2, 0) is 16.0 Å². The van der Waals surface area contributed by atoms with Gasteiger partial charge in [-0.25, -0.2) is 0 Å². The maximum absolute atomic E-state index is 11.4. The molecule has 0 spiro atoms. The third-order valence-corrected chi connectivity index (χ3v) is 3.61.